The molecule has 0 saturated carbocycles. The molecule has 2 heterocycles. The molecule has 132 valence electrons. The van der Waals surface area contributed by atoms with Crippen molar-refractivity contribution in [2.24, 2.45) is 5.41 Å². The molecule has 0 unspecified atom stereocenters. The zero-order valence-electron chi connectivity index (χ0n) is 16.0. The summed E-state index contributed by atoms with van der Waals surface area (Å²) < 4.78 is 0. The lowest BCUT2D eigenvalue weighted by atomic mass is 9.60. The molecule has 1 aromatic heterocycles. The minimum Gasteiger partial charge on any atom is -0.376 e. The summed E-state index contributed by atoms with van der Waals surface area (Å²) in [4.78, 5) is 3.58. The molecule has 0 spiro atoms. The smallest absolute Gasteiger partial charge is 0.0608 e. The molecule has 2 aromatic carbocycles. The van der Waals surface area contributed by atoms with Crippen LogP contribution < -0.4 is 5.32 Å². The standard InChI is InChI=1S/C24H26N2/c1-15-21(17-9-5-7-11-19(17)25-15)16-13-23(2,3)22-18-10-6-8-12-20(18)26-24(22,4)14-16/h5-12,14,22,25-26H,13H2,1-4H3/t22-,24-/m0/s1. The van der Waals surface area contributed by atoms with E-state index < -0.39 is 0 Å². The van der Waals surface area contributed by atoms with Gasteiger partial charge in [0.05, 0.1) is 5.54 Å². The molecule has 26 heavy (non-hydrogen) atoms. The molecule has 0 amide bonds. The van der Waals surface area contributed by atoms with E-state index in [0.717, 1.165) is 6.42 Å². The van der Waals surface area contributed by atoms with E-state index >= 15 is 0 Å². The van der Waals surface area contributed by atoms with E-state index in [2.05, 4.69) is 92.6 Å². The highest BCUT2D eigenvalue weighted by molar-refractivity contribution is 5.95. The molecule has 2 heteroatoms. The Labute approximate surface area is 155 Å². The normalized spacial score (nSPS) is 26.2. The minimum absolute atomic E-state index is 0.0500. The van der Waals surface area contributed by atoms with Gasteiger partial charge in [-0.05, 0) is 49.0 Å². The first-order chi connectivity index (χ1) is 12.4. The molecular weight excluding hydrogens is 316 g/mol. The molecule has 0 fully saturated rings. The molecule has 3 aromatic rings. The third-order valence-electron chi connectivity index (χ3n) is 6.39. The summed E-state index contributed by atoms with van der Waals surface area (Å²) in [5.41, 5.74) is 8.25. The number of hydrogen-bond donors (Lipinski definition) is 2. The molecule has 0 saturated heterocycles. The van der Waals surface area contributed by atoms with Gasteiger partial charge in [0.25, 0.3) is 0 Å². The van der Waals surface area contributed by atoms with Gasteiger partial charge in [-0.1, -0.05) is 56.3 Å². The van der Waals surface area contributed by atoms with Crippen LogP contribution in [0.4, 0.5) is 5.69 Å². The van der Waals surface area contributed by atoms with Crippen molar-refractivity contribution in [3.8, 4) is 0 Å². The first-order valence-corrected chi connectivity index (χ1v) is 9.56. The van der Waals surface area contributed by atoms with Crippen molar-refractivity contribution in [2.75, 3.05) is 5.32 Å². The van der Waals surface area contributed by atoms with Crippen molar-refractivity contribution >= 4 is 22.2 Å². The van der Waals surface area contributed by atoms with Crippen LogP contribution in [0.1, 0.15) is 49.9 Å². The molecular formula is C24H26N2. The Bertz CT molecular complexity index is 1050. The number of rotatable bonds is 1. The third kappa shape index (κ3) is 2.05. The van der Waals surface area contributed by atoms with Crippen molar-refractivity contribution in [1.29, 1.82) is 0 Å². The van der Waals surface area contributed by atoms with Gasteiger partial charge in [-0.2, -0.15) is 0 Å². The van der Waals surface area contributed by atoms with Crippen LogP contribution >= 0.6 is 0 Å². The van der Waals surface area contributed by atoms with E-state index in [-0.39, 0.29) is 11.0 Å². The highest BCUT2D eigenvalue weighted by Gasteiger charge is 2.51. The molecule has 0 bridgehead atoms. The van der Waals surface area contributed by atoms with Gasteiger partial charge in [0, 0.05) is 33.8 Å². The van der Waals surface area contributed by atoms with Crippen LogP contribution in [0.15, 0.2) is 54.6 Å². The minimum atomic E-state index is -0.0500. The number of anilines is 1. The number of benzene rings is 2. The molecule has 1 aliphatic carbocycles. The van der Waals surface area contributed by atoms with Crippen LogP contribution in [0.2, 0.25) is 0 Å². The lowest BCUT2D eigenvalue weighted by Gasteiger charge is -2.46. The second-order valence-corrected chi connectivity index (χ2v) is 8.93. The van der Waals surface area contributed by atoms with Gasteiger partial charge < -0.3 is 10.3 Å². The Hall–Kier alpha value is -2.48. The van der Waals surface area contributed by atoms with Crippen molar-refractivity contribution < 1.29 is 0 Å². The molecule has 2 atom stereocenters. The predicted molar refractivity (Wildman–Crippen MR) is 111 cm³/mol. The lowest BCUT2D eigenvalue weighted by Crippen LogP contribution is -2.44. The number of allylic oxidation sites excluding steroid dienone is 1. The fraction of sp³-hybridized carbons (Fsp3) is 0.333. The first kappa shape index (κ1) is 15.7. The fourth-order valence-electron chi connectivity index (χ4n) is 5.76. The number of nitrogens with one attached hydrogen (secondary N) is 2. The Balaban J connectivity index is 1.72. The maximum atomic E-state index is 3.84. The van der Waals surface area contributed by atoms with Gasteiger partial charge in [0.15, 0.2) is 0 Å². The summed E-state index contributed by atoms with van der Waals surface area (Å²) in [6.07, 6.45) is 3.59. The fourth-order valence-corrected chi connectivity index (χ4v) is 5.76. The molecule has 2 N–H and O–H groups in total. The zero-order valence-corrected chi connectivity index (χ0v) is 16.0. The average molecular weight is 342 g/mol. The number of aryl methyl sites for hydroxylation is 1. The Morgan fingerprint density at radius 1 is 0.962 bits per heavy atom. The first-order valence-electron chi connectivity index (χ1n) is 9.56. The largest absolute Gasteiger partial charge is 0.376 e. The maximum absolute atomic E-state index is 3.84. The van der Waals surface area contributed by atoms with Crippen LogP contribution in [0, 0.1) is 12.3 Å². The zero-order chi connectivity index (χ0) is 18.1. The van der Waals surface area contributed by atoms with Gasteiger partial charge in [-0.15, -0.1) is 0 Å². The van der Waals surface area contributed by atoms with E-state index in [1.807, 2.05) is 0 Å². The Kier molecular flexibility index (Phi) is 3.05. The highest BCUT2D eigenvalue weighted by atomic mass is 15.0. The number of para-hydroxylation sites is 2. The second kappa shape index (κ2) is 5.03. The molecule has 0 radical (unpaired) electrons. The monoisotopic (exact) mass is 342 g/mol. The van der Waals surface area contributed by atoms with Crippen molar-refractivity contribution in [3.05, 3.63) is 71.4 Å². The predicted octanol–water partition coefficient (Wildman–Crippen LogP) is 6.26. The summed E-state index contributed by atoms with van der Waals surface area (Å²) >= 11 is 0. The van der Waals surface area contributed by atoms with Crippen molar-refractivity contribution in [2.45, 2.75) is 45.6 Å². The summed E-state index contributed by atoms with van der Waals surface area (Å²) in [5, 5.41) is 5.18. The van der Waals surface area contributed by atoms with Crippen molar-refractivity contribution in [1.82, 2.24) is 4.98 Å². The van der Waals surface area contributed by atoms with Crippen molar-refractivity contribution in [3.63, 3.8) is 0 Å². The van der Waals surface area contributed by atoms with Gasteiger partial charge in [0.2, 0.25) is 0 Å². The van der Waals surface area contributed by atoms with Crippen LogP contribution in [0.25, 0.3) is 16.5 Å². The number of fused-ring (bicyclic) bond motifs is 4. The number of aromatic amines is 1. The number of H-pyrrole nitrogens is 1. The molecule has 1 aliphatic heterocycles. The number of hydrogen-bond acceptors (Lipinski definition) is 1. The quantitative estimate of drug-likeness (QED) is 0.537. The average Bonchev–Trinajstić information content (AvgIpc) is 3.06. The molecule has 2 nitrogen and oxygen atoms in total. The van der Waals surface area contributed by atoms with E-state index in [4.69, 9.17) is 0 Å². The van der Waals surface area contributed by atoms with E-state index in [9.17, 15) is 0 Å². The van der Waals surface area contributed by atoms with E-state index in [1.54, 1.807) is 0 Å². The SMILES string of the molecule is Cc1[nH]c2ccccc2c1C1=C[C@]2(C)Nc3ccccc3[C@H]2C(C)(C)C1. The van der Waals surface area contributed by atoms with E-state index in [1.165, 1.54) is 39.0 Å². The lowest BCUT2D eigenvalue weighted by molar-refractivity contribution is 0.238. The summed E-state index contributed by atoms with van der Waals surface area (Å²) in [5.74, 6) is 0.487. The highest BCUT2D eigenvalue weighted by Crippen LogP contribution is 2.59. The van der Waals surface area contributed by atoms with Crippen LogP contribution in [0.5, 0.6) is 0 Å². The topological polar surface area (TPSA) is 27.8 Å². The van der Waals surface area contributed by atoms with Gasteiger partial charge in [0.1, 0.15) is 0 Å². The Morgan fingerprint density at radius 2 is 1.69 bits per heavy atom. The summed E-state index contributed by atoms with van der Waals surface area (Å²) in [6, 6.07) is 17.5. The third-order valence-corrected chi connectivity index (χ3v) is 6.39. The Morgan fingerprint density at radius 3 is 2.54 bits per heavy atom. The van der Waals surface area contributed by atoms with Crippen LogP contribution in [0.3, 0.4) is 0 Å². The maximum Gasteiger partial charge on any atom is 0.0608 e. The molecule has 2 aliphatic rings. The van der Waals surface area contributed by atoms with Crippen LogP contribution in [-0.2, 0) is 0 Å². The molecule has 5 rings (SSSR count). The van der Waals surface area contributed by atoms with Gasteiger partial charge in [-0.25, -0.2) is 0 Å². The van der Waals surface area contributed by atoms with Gasteiger partial charge >= 0.3 is 0 Å². The summed E-state index contributed by atoms with van der Waals surface area (Å²) in [7, 11) is 0. The van der Waals surface area contributed by atoms with Gasteiger partial charge in [-0.3, -0.25) is 0 Å². The second-order valence-electron chi connectivity index (χ2n) is 8.93. The van der Waals surface area contributed by atoms with Crippen LogP contribution in [-0.4, -0.2) is 10.5 Å². The number of aromatic nitrogens is 1. The summed E-state index contributed by atoms with van der Waals surface area (Å²) in [6.45, 7) is 9.42. The van der Waals surface area contributed by atoms with E-state index in [0.29, 0.717) is 5.92 Å².